The SMILES string of the molecule is CCCCCCOc1ccc(C(=O)NNC(=O)c2ccc(NC(C)=O)cc2)cc1Br. The number of carbonyl (C=O) groups excluding carboxylic acids is 3. The average molecular weight is 476 g/mol. The third-order valence-corrected chi connectivity index (χ3v) is 4.83. The maximum absolute atomic E-state index is 12.3. The standard InChI is InChI=1S/C22H26BrN3O4/c1-3-4-5-6-13-30-20-12-9-17(14-19(20)23)22(29)26-25-21(28)16-7-10-18(11-8-16)24-15(2)27/h7-12,14H,3-6,13H2,1-2H3,(H,24,27)(H,25,28)(H,26,29). The first-order chi connectivity index (χ1) is 14.4. The van der Waals surface area contributed by atoms with Gasteiger partial charge in [-0.3, -0.25) is 25.2 Å². The first-order valence-electron chi connectivity index (χ1n) is 9.81. The number of hydrogen-bond acceptors (Lipinski definition) is 4. The molecule has 2 aromatic rings. The number of halogens is 1. The van der Waals surface area contributed by atoms with Crippen LogP contribution in [0.1, 0.15) is 60.2 Å². The molecule has 0 atom stereocenters. The number of unbranched alkanes of at least 4 members (excludes halogenated alkanes) is 3. The molecule has 2 aromatic carbocycles. The second-order valence-electron chi connectivity index (χ2n) is 6.72. The summed E-state index contributed by atoms with van der Waals surface area (Å²) in [5.41, 5.74) is 6.07. The number of hydrogen-bond donors (Lipinski definition) is 3. The Hall–Kier alpha value is -2.87. The van der Waals surface area contributed by atoms with Crippen LogP contribution in [0.15, 0.2) is 46.9 Å². The molecule has 2 rings (SSSR count). The summed E-state index contributed by atoms with van der Waals surface area (Å²) < 4.78 is 6.40. The van der Waals surface area contributed by atoms with Crippen molar-refractivity contribution in [1.82, 2.24) is 10.9 Å². The maximum Gasteiger partial charge on any atom is 0.269 e. The summed E-state index contributed by atoms with van der Waals surface area (Å²) >= 11 is 3.42. The van der Waals surface area contributed by atoms with Crippen LogP contribution < -0.4 is 20.9 Å². The van der Waals surface area contributed by atoms with E-state index in [0.717, 1.165) is 12.8 Å². The van der Waals surface area contributed by atoms with E-state index in [1.165, 1.54) is 19.8 Å². The van der Waals surface area contributed by atoms with Gasteiger partial charge in [0.05, 0.1) is 11.1 Å². The summed E-state index contributed by atoms with van der Waals surface area (Å²) in [5, 5.41) is 2.62. The van der Waals surface area contributed by atoms with Gasteiger partial charge in [0.2, 0.25) is 5.91 Å². The molecule has 3 amide bonds. The lowest BCUT2D eigenvalue weighted by atomic mass is 10.2. The summed E-state index contributed by atoms with van der Waals surface area (Å²) in [4.78, 5) is 35.5. The summed E-state index contributed by atoms with van der Waals surface area (Å²) in [7, 11) is 0. The minimum atomic E-state index is -0.469. The number of anilines is 1. The molecule has 8 heteroatoms. The second kappa shape index (κ2) is 12.0. The van der Waals surface area contributed by atoms with Crippen molar-refractivity contribution in [3.05, 3.63) is 58.1 Å². The quantitative estimate of drug-likeness (QED) is 0.368. The van der Waals surface area contributed by atoms with Crippen LogP contribution >= 0.6 is 15.9 Å². The van der Waals surface area contributed by atoms with E-state index < -0.39 is 11.8 Å². The fraction of sp³-hybridized carbons (Fsp3) is 0.318. The number of ether oxygens (including phenoxy) is 1. The zero-order chi connectivity index (χ0) is 21.9. The van der Waals surface area contributed by atoms with Crippen LogP contribution in [0.2, 0.25) is 0 Å². The van der Waals surface area contributed by atoms with E-state index in [-0.39, 0.29) is 5.91 Å². The van der Waals surface area contributed by atoms with Gasteiger partial charge in [-0.05, 0) is 64.8 Å². The average Bonchev–Trinajstić information content (AvgIpc) is 2.72. The summed E-state index contributed by atoms with van der Waals surface area (Å²) in [6, 6.07) is 11.3. The van der Waals surface area contributed by atoms with Crippen LogP contribution in [0, 0.1) is 0 Å². The monoisotopic (exact) mass is 475 g/mol. The molecule has 0 spiro atoms. The van der Waals surface area contributed by atoms with Crippen molar-refractivity contribution < 1.29 is 19.1 Å². The van der Waals surface area contributed by atoms with Gasteiger partial charge in [-0.15, -0.1) is 0 Å². The Morgan fingerprint density at radius 2 is 1.53 bits per heavy atom. The van der Waals surface area contributed by atoms with Gasteiger partial charge in [0.25, 0.3) is 11.8 Å². The highest BCUT2D eigenvalue weighted by atomic mass is 79.9. The predicted molar refractivity (Wildman–Crippen MR) is 119 cm³/mol. The Morgan fingerprint density at radius 1 is 0.900 bits per heavy atom. The molecule has 160 valence electrons. The van der Waals surface area contributed by atoms with Gasteiger partial charge in [0.1, 0.15) is 5.75 Å². The molecule has 7 nitrogen and oxygen atoms in total. The molecule has 0 aliphatic rings. The van der Waals surface area contributed by atoms with Crippen LogP contribution in [0.4, 0.5) is 5.69 Å². The van der Waals surface area contributed by atoms with Gasteiger partial charge in [-0.2, -0.15) is 0 Å². The maximum atomic E-state index is 12.3. The van der Waals surface area contributed by atoms with Gasteiger partial charge >= 0.3 is 0 Å². The normalized spacial score (nSPS) is 10.2. The van der Waals surface area contributed by atoms with Crippen molar-refractivity contribution in [3.63, 3.8) is 0 Å². The van der Waals surface area contributed by atoms with Crippen LogP contribution in [0.5, 0.6) is 5.75 Å². The lowest BCUT2D eigenvalue weighted by molar-refractivity contribution is -0.114. The fourth-order valence-corrected chi connectivity index (χ4v) is 3.13. The van der Waals surface area contributed by atoms with E-state index in [1.807, 2.05) is 0 Å². The van der Waals surface area contributed by atoms with Gasteiger partial charge in [-0.25, -0.2) is 0 Å². The van der Waals surface area contributed by atoms with Gasteiger partial charge in [-0.1, -0.05) is 26.2 Å². The zero-order valence-electron chi connectivity index (χ0n) is 17.1. The molecule has 3 N–H and O–H groups in total. The minimum absolute atomic E-state index is 0.196. The van der Waals surface area contributed by atoms with E-state index in [1.54, 1.807) is 42.5 Å². The Balaban J connectivity index is 1.85. The first-order valence-corrected chi connectivity index (χ1v) is 10.6. The van der Waals surface area contributed by atoms with Crippen LogP contribution in [0.25, 0.3) is 0 Å². The molecular formula is C22H26BrN3O4. The van der Waals surface area contributed by atoms with Gasteiger partial charge in [0, 0.05) is 23.7 Å². The van der Waals surface area contributed by atoms with Crippen molar-refractivity contribution >= 4 is 39.3 Å². The third-order valence-electron chi connectivity index (χ3n) is 4.21. The molecule has 0 aliphatic carbocycles. The predicted octanol–water partition coefficient (Wildman–Crippen LogP) is 4.44. The number of nitrogens with one attached hydrogen (secondary N) is 3. The van der Waals surface area contributed by atoms with Crippen molar-refractivity contribution in [2.24, 2.45) is 0 Å². The van der Waals surface area contributed by atoms with Crippen molar-refractivity contribution in [2.45, 2.75) is 39.5 Å². The molecule has 0 bridgehead atoms. The van der Waals surface area contributed by atoms with Crippen molar-refractivity contribution in [2.75, 3.05) is 11.9 Å². The third kappa shape index (κ3) is 7.51. The van der Waals surface area contributed by atoms with Crippen LogP contribution in [-0.4, -0.2) is 24.3 Å². The molecule has 0 heterocycles. The zero-order valence-corrected chi connectivity index (χ0v) is 18.7. The lowest BCUT2D eigenvalue weighted by Crippen LogP contribution is -2.41. The molecule has 0 saturated carbocycles. The van der Waals surface area contributed by atoms with Crippen molar-refractivity contribution in [1.29, 1.82) is 0 Å². The lowest BCUT2D eigenvalue weighted by Gasteiger charge is -2.11. The van der Waals surface area contributed by atoms with Crippen LogP contribution in [0.3, 0.4) is 0 Å². The fourth-order valence-electron chi connectivity index (χ4n) is 2.64. The second-order valence-corrected chi connectivity index (χ2v) is 7.58. The minimum Gasteiger partial charge on any atom is -0.492 e. The molecule has 0 fully saturated rings. The highest BCUT2D eigenvalue weighted by Gasteiger charge is 2.12. The molecule has 0 saturated heterocycles. The van der Waals surface area contributed by atoms with E-state index in [2.05, 4.69) is 39.0 Å². The first kappa shape index (κ1) is 23.4. The summed E-state index contributed by atoms with van der Waals surface area (Å²) in [6.07, 6.45) is 4.48. The number of carbonyl (C=O) groups is 3. The molecular weight excluding hydrogens is 450 g/mol. The van der Waals surface area contributed by atoms with E-state index in [9.17, 15) is 14.4 Å². The smallest absolute Gasteiger partial charge is 0.269 e. The molecule has 30 heavy (non-hydrogen) atoms. The molecule has 0 aromatic heterocycles. The summed E-state index contributed by atoms with van der Waals surface area (Å²) in [5.74, 6) is -0.442. The molecule has 0 aliphatic heterocycles. The summed E-state index contributed by atoms with van der Waals surface area (Å²) in [6.45, 7) is 4.19. The highest BCUT2D eigenvalue weighted by Crippen LogP contribution is 2.26. The van der Waals surface area contributed by atoms with Crippen LogP contribution in [-0.2, 0) is 4.79 Å². The number of amides is 3. The number of hydrazine groups is 1. The molecule has 0 radical (unpaired) electrons. The van der Waals surface area contributed by atoms with E-state index in [0.29, 0.717) is 33.6 Å². The Bertz CT molecular complexity index is 884. The van der Waals surface area contributed by atoms with Gasteiger partial charge < -0.3 is 10.1 Å². The Kier molecular flexibility index (Phi) is 9.34. The highest BCUT2D eigenvalue weighted by molar-refractivity contribution is 9.10. The largest absolute Gasteiger partial charge is 0.492 e. The van der Waals surface area contributed by atoms with Crippen molar-refractivity contribution in [3.8, 4) is 5.75 Å². The number of rotatable bonds is 9. The Labute approximate surface area is 184 Å². The van der Waals surface area contributed by atoms with E-state index in [4.69, 9.17) is 4.74 Å². The van der Waals surface area contributed by atoms with Gasteiger partial charge in [0.15, 0.2) is 0 Å². The Morgan fingerprint density at radius 3 is 2.13 bits per heavy atom. The molecule has 0 unspecified atom stereocenters. The van der Waals surface area contributed by atoms with E-state index >= 15 is 0 Å². The topological polar surface area (TPSA) is 96.5 Å². The number of benzene rings is 2.